The summed E-state index contributed by atoms with van der Waals surface area (Å²) in [4.78, 5) is 13.1. The highest BCUT2D eigenvalue weighted by atomic mass is 19.1. The number of nitrogen functional groups attached to an aromatic ring is 1. The number of nitrogens with two attached hydrogens (primary N) is 1. The van der Waals surface area contributed by atoms with E-state index in [9.17, 15) is 4.39 Å². The number of aliphatic imine (C=N–C) groups is 1. The van der Waals surface area contributed by atoms with E-state index in [4.69, 9.17) is 10.5 Å². The first-order valence-corrected chi connectivity index (χ1v) is 7.76. The topological polar surface area (TPSA) is 73.4 Å². The summed E-state index contributed by atoms with van der Waals surface area (Å²) in [5.74, 6) is 1.02. The van der Waals surface area contributed by atoms with Crippen LogP contribution in [0.25, 0.3) is 0 Å². The normalized spacial score (nSPS) is 15.6. The molecule has 2 aromatic heterocycles. The van der Waals surface area contributed by atoms with Crippen molar-refractivity contribution >= 4 is 17.3 Å². The van der Waals surface area contributed by atoms with Gasteiger partial charge in [-0.25, -0.2) is 14.4 Å². The fourth-order valence-electron chi connectivity index (χ4n) is 3.11. The van der Waals surface area contributed by atoms with Crippen molar-refractivity contribution in [3.05, 3.63) is 77.4 Å². The van der Waals surface area contributed by atoms with Crippen molar-refractivity contribution < 1.29 is 9.13 Å². The lowest BCUT2D eigenvalue weighted by Gasteiger charge is -2.17. The highest BCUT2D eigenvalue weighted by molar-refractivity contribution is 6.11. The molecular formula is C19H15FN4O. The molecule has 0 saturated heterocycles. The molecule has 1 unspecified atom stereocenters. The minimum Gasteiger partial charge on any atom is -0.496 e. The highest BCUT2D eigenvalue weighted by Crippen LogP contribution is 2.45. The maximum absolute atomic E-state index is 13.3. The van der Waals surface area contributed by atoms with Crippen molar-refractivity contribution in [1.29, 1.82) is 0 Å². The molecule has 25 heavy (non-hydrogen) atoms. The Balaban J connectivity index is 1.94. The molecule has 0 bridgehead atoms. The number of halogens is 1. The fourth-order valence-corrected chi connectivity index (χ4v) is 3.11. The van der Waals surface area contributed by atoms with Gasteiger partial charge in [0.15, 0.2) is 5.82 Å². The second-order valence-corrected chi connectivity index (χ2v) is 5.70. The van der Waals surface area contributed by atoms with E-state index in [1.807, 2.05) is 12.1 Å². The van der Waals surface area contributed by atoms with Crippen LogP contribution in [0.2, 0.25) is 0 Å². The van der Waals surface area contributed by atoms with Crippen LogP contribution in [0.3, 0.4) is 0 Å². The Labute approximate surface area is 144 Å². The Bertz CT molecular complexity index is 955. The van der Waals surface area contributed by atoms with Gasteiger partial charge in [0.25, 0.3) is 0 Å². The molecule has 124 valence electrons. The number of nitrogens with zero attached hydrogens (tertiary/aromatic N) is 3. The van der Waals surface area contributed by atoms with Crippen LogP contribution in [-0.2, 0) is 0 Å². The second-order valence-electron chi connectivity index (χ2n) is 5.70. The number of benzene rings is 1. The average Bonchev–Trinajstić information content (AvgIpc) is 3.01. The number of rotatable bonds is 3. The second kappa shape index (κ2) is 5.98. The molecule has 0 amide bonds. The molecule has 3 aromatic rings. The van der Waals surface area contributed by atoms with Gasteiger partial charge < -0.3 is 10.5 Å². The van der Waals surface area contributed by atoms with E-state index in [2.05, 4.69) is 15.0 Å². The summed E-state index contributed by atoms with van der Waals surface area (Å²) in [6, 6.07) is 11.8. The fraction of sp³-hybridized carbons (Fsp3) is 0.105. The molecule has 5 nitrogen and oxygen atoms in total. The van der Waals surface area contributed by atoms with Crippen molar-refractivity contribution in [2.75, 3.05) is 12.8 Å². The quantitative estimate of drug-likeness (QED) is 0.796. The first kappa shape index (κ1) is 15.3. The van der Waals surface area contributed by atoms with Crippen molar-refractivity contribution in [2.45, 2.75) is 5.92 Å². The lowest BCUT2D eigenvalue weighted by atomic mass is 9.86. The van der Waals surface area contributed by atoms with Crippen LogP contribution in [0.1, 0.15) is 22.6 Å². The largest absolute Gasteiger partial charge is 0.496 e. The van der Waals surface area contributed by atoms with E-state index in [-0.39, 0.29) is 11.7 Å². The summed E-state index contributed by atoms with van der Waals surface area (Å²) in [6.45, 7) is 0. The summed E-state index contributed by atoms with van der Waals surface area (Å²) >= 11 is 0. The van der Waals surface area contributed by atoms with Crippen molar-refractivity contribution in [2.24, 2.45) is 4.99 Å². The number of hydrogen-bond donors (Lipinski definition) is 1. The van der Waals surface area contributed by atoms with Gasteiger partial charge in [-0.3, -0.25) is 4.98 Å². The van der Waals surface area contributed by atoms with Crippen LogP contribution in [-0.4, -0.2) is 22.8 Å². The van der Waals surface area contributed by atoms with Gasteiger partial charge >= 0.3 is 0 Å². The molecule has 1 atom stereocenters. The third kappa shape index (κ3) is 2.61. The van der Waals surface area contributed by atoms with E-state index in [1.54, 1.807) is 37.7 Å². The molecule has 1 aliphatic heterocycles. The van der Waals surface area contributed by atoms with Gasteiger partial charge in [-0.2, -0.15) is 0 Å². The molecule has 3 heterocycles. The lowest BCUT2D eigenvalue weighted by molar-refractivity contribution is 0.410. The molecule has 1 aromatic carbocycles. The summed E-state index contributed by atoms with van der Waals surface area (Å²) in [5.41, 5.74) is 9.32. The van der Waals surface area contributed by atoms with Crippen LogP contribution in [0.5, 0.6) is 5.75 Å². The predicted molar refractivity (Wildman–Crippen MR) is 93.9 cm³/mol. The number of fused-ring (bicyclic) bond motifs is 1. The SMILES string of the molecule is COc1cc(N)nc2c1C(c1ccncc1)C(c1ccc(F)cc1)=N2. The zero-order valence-electron chi connectivity index (χ0n) is 13.5. The molecule has 0 radical (unpaired) electrons. The Morgan fingerprint density at radius 2 is 1.80 bits per heavy atom. The van der Waals surface area contributed by atoms with Crippen LogP contribution in [0, 0.1) is 5.82 Å². The smallest absolute Gasteiger partial charge is 0.162 e. The van der Waals surface area contributed by atoms with Gasteiger partial charge in [-0.05, 0) is 35.4 Å². The minimum atomic E-state index is -0.291. The average molecular weight is 334 g/mol. The number of hydrogen-bond acceptors (Lipinski definition) is 5. The van der Waals surface area contributed by atoms with Crippen LogP contribution < -0.4 is 10.5 Å². The minimum absolute atomic E-state index is 0.188. The number of anilines is 1. The van der Waals surface area contributed by atoms with Crippen LogP contribution in [0.4, 0.5) is 16.0 Å². The monoisotopic (exact) mass is 334 g/mol. The predicted octanol–water partition coefficient (Wildman–Crippen LogP) is 3.47. The zero-order chi connectivity index (χ0) is 17.4. The van der Waals surface area contributed by atoms with Gasteiger partial charge in [0, 0.05) is 18.5 Å². The summed E-state index contributed by atoms with van der Waals surface area (Å²) < 4.78 is 18.9. The van der Waals surface area contributed by atoms with E-state index in [0.29, 0.717) is 17.4 Å². The van der Waals surface area contributed by atoms with Crippen LogP contribution in [0.15, 0.2) is 59.9 Å². The number of methoxy groups -OCH3 is 1. The molecule has 0 fully saturated rings. The molecular weight excluding hydrogens is 319 g/mol. The van der Waals surface area contributed by atoms with Gasteiger partial charge in [-0.15, -0.1) is 0 Å². The molecule has 0 spiro atoms. The number of aromatic nitrogens is 2. The molecule has 0 aliphatic carbocycles. The summed E-state index contributed by atoms with van der Waals surface area (Å²) in [5, 5.41) is 0. The van der Waals surface area contributed by atoms with Gasteiger partial charge in [0.1, 0.15) is 17.4 Å². The lowest BCUT2D eigenvalue weighted by Crippen LogP contribution is -2.13. The first-order valence-electron chi connectivity index (χ1n) is 7.76. The maximum Gasteiger partial charge on any atom is 0.162 e. The highest BCUT2D eigenvalue weighted by Gasteiger charge is 2.34. The summed E-state index contributed by atoms with van der Waals surface area (Å²) in [7, 11) is 1.59. The Morgan fingerprint density at radius 1 is 1.08 bits per heavy atom. The van der Waals surface area contributed by atoms with E-state index >= 15 is 0 Å². The van der Waals surface area contributed by atoms with E-state index in [1.165, 1.54) is 12.1 Å². The molecule has 1 aliphatic rings. The van der Waals surface area contributed by atoms with Crippen molar-refractivity contribution in [1.82, 2.24) is 9.97 Å². The molecule has 0 saturated carbocycles. The molecule has 6 heteroatoms. The van der Waals surface area contributed by atoms with Gasteiger partial charge in [0.2, 0.25) is 0 Å². The number of pyridine rings is 2. The van der Waals surface area contributed by atoms with Crippen LogP contribution >= 0.6 is 0 Å². The molecule has 4 rings (SSSR count). The first-order chi connectivity index (χ1) is 12.2. The van der Waals surface area contributed by atoms with Crippen molar-refractivity contribution in [3.63, 3.8) is 0 Å². The number of ether oxygens (including phenoxy) is 1. The maximum atomic E-state index is 13.3. The third-order valence-corrected chi connectivity index (χ3v) is 4.21. The van der Waals surface area contributed by atoms with E-state index < -0.39 is 0 Å². The Morgan fingerprint density at radius 3 is 2.48 bits per heavy atom. The van der Waals surface area contributed by atoms with Gasteiger partial charge in [-0.1, -0.05) is 12.1 Å². The third-order valence-electron chi connectivity index (χ3n) is 4.21. The molecule has 2 N–H and O–H groups in total. The van der Waals surface area contributed by atoms with E-state index in [0.717, 1.165) is 22.4 Å². The Kier molecular flexibility index (Phi) is 3.65. The summed E-state index contributed by atoms with van der Waals surface area (Å²) in [6.07, 6.45) is 3.46. The van der Waals surface area contributed by atoms with Crippen molar-refractivity contribution in [3.8, 4) is 5.75 Å². The zero-order valence-corrected chi connectivity index (χ0v) is 13.5. The van der Waals surface area contributed by atoms with Gasteiger partial charge in [0.05, 0.1) is 24.3 Å². The Hall–Kier alpha value is -3.28. The standard InChI is InChI=1S/C19H15FN4O/c1-25-14-10-15(21)23-19-17(14)16(11-6-8-22-9-7-11)18(24-19)12-2-4-13(20)5-3-12/h2-10,16H,1H3,(H2,21,23).